The van der Waals surface area contributed by atoms with Gasteiger partial charge in [-0.05, 0) is 52.9 Å². The van der Waals surface area contributed by atoms with Gasteiger partial charge in [0.25, 0.3) is 5.89 Å². The minimum atomic E-state index is 0.175. The molecule has 0 radical (unpaired) electrons. The van der Waals surface area contributed by atoms with Crippen LogP contribution in [0.15, 0.2) is 27.2 Å². The van der Waals surface area contributed by atoms with Crippen molar-refractivity contribution in [2.75, 3.05) is 0 Å². The Balaban J connectivity index is 1.84. The quantitative estimate of drug-likeness (QED) is 0.877. The van der Waals surface area contributed by atoms with Gasteiger partial charge in [0.1, 0.15) is 5.75 Å². The van der Waals surface area contributed by atoms with Crippen LogP contribution in [-0.4, -0.2) is 15.2 Å². The van der Waals surface area contributed by atoms with Gasteiger partial charge in [-0.15, -0.1) is 0 Å². The maximum atomic E-state index is 9.71. The van der Waals surface area contributed by atoms with E-state index in [1.165, 1.54) is 12.8 Å². The maximum absolute atomic E-state index is 9.71. The van der Waals surface area contributed by atoms with Gasteiger partial charge in [0.15, 0.2) is 5.82 Å². The van der Waals surface area contributed by atoms with Gasteiger partial charge in [-0.2, -0.15) is 4.98 Å². The molecule has 106 valence electrons. The van der Waals surface area contributed by atoms with Crippen LogP contribution in [-0.2, 0) is 0 Å². The smallest absolute Gasteiger partial charge is 0.258 e. The second-order valence-corrected chi connectivity index (χ2v) is 6.45. The third-order valence-electron chi connectivity index (χ3n) is 3.94. The van der Waals surface area contributed by atoms with E-state index < -0.39 is 0 Å². The number of hydrogen-bond donors (Lipinski definition) is 1. The average Bonchev–Trinajstić information content (AvgIpc) is 2.92. The van der Waals surface area contributed by atoms with Crippen LogP contribution in [0.5, 0.6) is 5.75 Å². The Morgan fingerprint density at radius 1 is 1.35 bits per heavy atom. The van der Waals surface area contributed by atoms with Crippen LogP contribution in [0.2, 0.25) is 0 Å². The minimum Gasteiger partial charge on any atom is -0.507 e. The molecule has 1 saturated carbocycles. The van der Waals surface area contributed by atoms with Crippen molar-refractivity contribution in [3.8, 4) is 17.2 Å². The molecule has 1 N–H and O–H groups in total. The van der Waals surface area contributed by atoms with Crippen LogP contribution in [0.25, 0.3) is 11.5 Å². The first kappa shape index (κ1) is 13.6. The number of phenolic OH excluding ortho intramolecular Hbond substituents is 1. The first-order valence-electron chi connectivity index (χ1n) is 6.96. The van der Waals surface area contributed by atoms with Crippen molar-refractivity contribution < 1.29 is 9.63 Å². The zero-order valence-electron chi connectivity index (χ0n) is 11.3. The third kappa shape index (κ3) is 2.73. The van der Waals surface area contributed by atoms with E-state index in [1.54, 1.807) is 12.1 Å². The van der Waals surface area contributed by atoms with Crippen LogP contribution < -0.4 is 0 Å². The fraction of sp³-hybridized carbons (Fsp3) is 0.467. The zero-order chi connectivity index (χ0) is 14.1. The second kappa shape index (κ2) is 5.56. The molecule has 0 bridgehead atoms. The summed E-state index contributed by atoms with van der Waals surface area (Å²) in [7, 11) is 0. The van der Waals surface area contributed by atoms with Gasteiger partial charge in [-0.1, -0.05) is 24.9 Å². The van der Waals surface area contributed by atoms with E-state index in [1.807, 2.05) is 6.07 Å². The molecular weight excluding hydrogens is 320 g/mol. The highest BCUT2D eigenvalue weighted by Gasteiger charge is 2.25. The van der Waals surface area contributed by atoms with Crippen LogP contribution >= 0.6 is 15.9 Å². The van der Waals surface area contributed by atoms with E-state index in [9.17, 15) is 5.11 Å². The molecular formula is C15H17BrN2O2. The van der Waals surface area contributed by atoms with Gasteiger partial charge < -0.3 is 9.63 Å². The molecule has 1 aliphatic rings. The number of hydrogen-bond acceptors (Lipinski definition) is 4. The minimum absolute atomic E-state index is 0.175. The summed E-state index contributed by atoms with van der Waals surface area (Å²) in [6, 6.07) is 5.26. The summed E-state index contributed by atoms with van der Waals surface area (Å²) >= 11 is 3.26. The fourth-order valence-electron chi connectivity index (χ4n) is 2.83. The maximum Gasteiger partial charge on any atom is 0.258 e. The predicted molar refractivity (Wildman–Crippen MR) is 79.5 cm³/mol. The lowest BCUT2D eigenvalue weighted by atomic mass is 9.82. The highest BCUT2D eigenvalue weighted by atomic mass is 79.9. The summed E-state index contributed by atoms with van der Waals surface area (Å²) in [5.41, 5.74) is 0.744. The number of halogens is 1. The van der Waals surface area contributed by atoms with Gasteiger partial charge in [0.2, 0.25) is 0 Å². The number of benzene rings is 1. The number of rotatable bonds is 2. The first-order chi connectivity index (χ1) is 9.63. The lowest BCUT2D eigenvalue weighted by molar-refractivity contribution is 0.324. The van der Waals surface area contributed by atoms with Gasteiger partial charge in [0, 0.05) is 11.5 Å². The van der Waals surface area contributed by atoms with Crippen molar-refractivity contribution in [3.63, 3.8) is 0 Å². The number of phenols is 1. The summed E-state index contributed by atoms with van der Waals surface area (Å²) in [6.45, 7) is 2.28. The standard InChI is InChI=1S/C15H17BrN2O2/c1-9-3-2-4-10(7-9)14-17-15(20-18-14)11-5-6-12(16)13(19)8-11/h5-6,8-10,19H,2-4,7H2,1H3. The Hall–Kier alpha value is -1.36. The lowest BCUT2D eigenvalue weighted by Gasteiger charge is -2.23. The molecule has 4 nitrogen and oxygen atoms in total. The van der Waals surface area contributed by atoms with E-state index in [-0.39, 0.29) is 5.75 Å². The molecule has 2 atom stereocenters. The Labute approximate surface area is 126 Å². The highest BCUT2D eigenvalue weighted by molar-refractivity contribution is 9.10. The summed E-state index contributed by atoms with van der Waals surface area (Å²) in [4.78, 5) is 4.51. The lowest BCUT2D eigenvalue weighted by Crippen LogP contribution is -2.12. The van der Waals surface area contributed by atoms with Crippen LogP contribution in [0.4, 0.5) is 0 Å². The molecule has 2 aromatic rings. The molecule has 1 heterocycles. The molecule has 20 heavy (non-hydrogen) atoms. The van der Waals surface area contributed by atoms with E-state index in [2.05, 4.69) is 33.0 Å². The predicted octanol–water partition coefficient (Wildman–Crippen LogP) is 4.50. The number of aromatic hydroxyl groups is 1. The molecule has 0 spiro atoms. The zero-order valence-corrected chi connectivity index (χ0v) is 12.9. The van der Waals surface area contributed by atoms with Crippen molar-refractivity contribution in [3.05, 3.63) is 28.5 Å². The molecule has 3 rings (SSSR count). The average molecular weight is 337 g/mol. The van der Waals surface area contributed by atoms with E-state index >= 15 is 0 Å². The Bertz CT molecular complexity index is 612. The number of aromatic nitrogens is 2. The Morgan fingerprint density at radius 2 is 2.20 bits per heavy atom. The molecule has 2 unspecified atom stereocenters. The normalized spacial score (nSPS) is 22.9. The molecule has 1 fully saturated rings. The van der Waals surface area contributed by atoms with Gasteiger partial charge in [-0.25, -0.2) is 0 Å². The third-order valence-corrected chi connectivity index (χ3v) is 4.61. The number of nitrogens with zero attached hydrogens (tertiary/aromatic N) is 2. The summed E-state index contributed by atoms with van der Waals surface area (Å²) in [6.07, 6.45) is 4.79. The van der Waals surface area contributed by atoms with Crippen molar-refractivity contribution in [2.45, 2.75) is 38.5 Å². The first-order valence-corrected chi connectivity index (χ1v) is 7.75. The second-order valence-electron chi connectivity index (χ2n) is 5.59. The summed E-state index contributed by atoms with van der Waals surface area (Å²) in [5.74, 6) is 2.58. The van der Waals surface area contributed by atoms with E-state index in [4.69, 9.17) is 4.52 Å². The molecule has 0 aliphatic heterocycles. The van der Waals surface area contributed by atoms with Gasteiger partial charge >= 0.3 is 0 Å². The van der Waals surface area contributed by atoms with Crippen molar-refractivity contribution in [2.24, 2.45) is 5.92 Å². The molecule has 1 aromatic heterocycles. The monoisotopic (exact) mass is 336 g/mol. The molecule has 1 aromatic carbocycles. The Morgan fingerprint density at radius 3 is 2.95 bits per heavy atom. The molecule has 0 saturated heterocycles. The van der Waals surface area contributed by atoms with Gasteiger partial charge in [-0.3, -0.25) is 0 Å². The van der Waals surface area contributed by atoms with Crippen LogP contribution in [0, 0.1) is 5.92 Å². The van der Waals surface area contributed by atoms with Crippen molar-refractivity contribution in [1.82, 2.24) is 10.1 Å². The van der Waals surface area contributed by atoms with Crippen LogP contribution in [0.3, 0.4) is 0 Å². The fourth-order valence-corrected chi connectivity index (χ4v) is 3.08. The van der Waals surface area contributed by atoms with Crippen molar-refractivity contribution in [1.29, 1.82) is 0 Å². The highest BCUT2D eigenvalue weighted by Crippen LogP contribution is 2.36. The van der Waals surface area contributed by atoms with Gasteiger partial charge in [0.05, 0.1) is 4.47 Å². The molecule has 0 amide bonds. The van der Waals surface area contributed by atoms with E-state index in [0.717, 1.165) is 30.1 Å². The van der Waals surface area contributed by atoms with E-state index in [0.29, 0.717) is 16.3 Å². The summed E-state index contributed by atoms with van der Waals surface area (Å²) < 4.78 is 6.00. The Kier molecular flexibility index (Phi) is 3.78. The SMILES string of the molecule is CC1CCCC(c2noc(-c3ccc(Br)c(O)c3)n2)C1. The topological polar surface area (TPSA) is 59.2 Å². The largest absolute Gasteiger partial charge is 0.507 e. The van der Waals surface area contributed by atoms with Crippen molar-refractivity contribution >= 4 is 15.9 Å². The molecule has 1 aliphatic carbocycles. The van der Waals surface area contributed by atoms with Crippen LogP contribution in [0.1, 0.15) is 44.3 Å². The summed E-state index contributed by atoms with van der Waals surface area (Å²) in [5, 5.41) is 13.8. The molecule has 5 heteroatoms.